The lowest BCUT2D eigenvalue weighted by molar-refractivity contribution is -0.159. The van der Waals surface area contributed by atoms with E-state index in [4.69, 9.17) is 4.74 Å². The number of nitrogens with zero attached hydrogens (tertiary/aromatic N) is 1. The molecule has 5 nitrogen and oxygen atoms in total. The van der Waals surface area contributed by atoms with Crippen molar-refractivity contribution in [2.24, 2.45) is 17.8 Å². The number of hydrogen-bond donors (Lipinski definition) is 0. The third-order valence-corrected chi connectivity index (χ3v) is 5.54. The molecule has 1 aromatic carbocycles. The van der Waals surface area contributed by atoms with Gasteiger partial charge < -0.3 is 4.74 Å². The topological polar surface area (TPSA) is 63.7 Å². The number of methoxy groups -OCH3 is 1. The van der Waals surface area contributed by atoms with Crippen LogP contribution in [0.5, 0.6) is 0 Å². The molecule has 1 aliphatic heterocycles. The van der Waals surface area contributed by atoms with Crippen LogP contribution in [0, 0.1) is 17.8 Å². The van der Waals surface area contributed by atoms with Gasteiger partial charge in [0, 0.05) is 0 Å². The van der Waals surface area contributed by atoms with Crippen LogP contribution in [0.25, 0.3) is 0 Å². The highest BCUT2D eigenvalue weighted by atomic mass is 16.5. The molecule has 2 fully saturated rings. The number of benzene rings is 1. The lowest BCUT2D eigenvalue weighted by Crippen LogP contribution is -2.50. The number of esters is 1. The maximum absolute atomic E-state index is 12.9. The van der Waals surface area contributed by atoms with Gasteiger partial charge in [0.25, 0.3) is 0 Å². The molecule has 0 radical (unpaired) electrons. The average molecular weight is 343 g/mol. The highest BCUT2D eigenvalue weighted by Crippen LogP contribution is 2.40. The molecule has 1 heterocycles. The molecule has 1 saturated carbocycles. The van der Waals surface area contributed by atoms with Crippen molar-refractivity contribution in [1.29, 1.82) is 0 Å². The van der Waals surface area contributed by atoms with Crippen molar-refractivity contribution in [1.82, 2.24) is 4.90 Å². The van der Waals surface area contributed by atoms with E-state index in [1.165, 1.54) is 12.0 Å². The normalized spacial score (nSPS) is 25.4. The third-order valence-electron chi connectivity index (χ3n) is 5.54. The summed E-state index contributed by atoms with van der Waals surface area (Å²) in [7, 11) is 1.31. The first kappa shape index (κ1) is 17.6. The lowest BCUT2D eigenvalue weighted by atomic mass is 9.81. The van der Waals surface area contributed by atoms with Gasteiger partial charge in [0.05, 0.1) is 18.9 Å². The molecule has 2 amide bonds. The molecule has 1 aromatic rings. The number of carbonyl (C=O) groups excluding carboxylic acids is 3. The fourth-order valence-corrected chi connectivity index (χ4v) is 4.27. The molecule has 0 N–H and O–H groups in total. The van der Waals surface area contributed by atoms with Crippen LogP contribution in [-0.4, -0.2) is 35.8 Å². The number of fused-ring (bicyclic) bond motifs is 1. The fraction of sp³-hybridized carbons (Fsp3) is 0.550. The van der Waals surface area contributed by atoms with Crippen molar-refractivity contribution in [3.8, 4) is 0 Å². The molecule has 134 valence electrons. The van der Waals surface area contributed by atoms with Gasteiger partial charge in [-0.2, -0.15) is 0 Å². The summed E-state index contributed by atoms with van der Waals surface area (Å²) in [6.45, 7) is 1.90. The molecule has 1 aliphatic carbocycles. The maximum atomic E-state index is 12.9. The molecular formula is C20H25NO4. The number of imide groups is 1. The van der Waals surface area contributed by atoms with E-state index in [1.807, 2.05) is 37.3 Å². The van der Waals surface area contributed by atoms with Crippen LogP contribution < -0.4 is 0 Å². The Morgan fingerprint density at radius 3 is 2.20 bits per heavy atom. The van der Waals surface area contributed by atoms with Crippen LogP contribution >= 0.6 is 0 Å². The number of ether oxygens (including phenoxy) is 1. The van der Waals surface area contributed by atoms with Gasteiger partial charge in [-0.25, -0.2) is 4.79 Å². The Labute approximate surface area is 148 Å². The van der Waals surface area contributed by atoms with Crippen molar-refractivity contribution in [3.05, 3.63) is 35.9 Å². The summed E-state index contributed by atoms with van der Waals surface area (Å²) in [6.07, 6.45) is 4.03. The molecule has 4 atom stereocenters. The van der Waals surface area contributed by atoms with Crippen molar-refractivity contribution in [3.63, 3.8) is 0 Å². The monoisotopic (exact) mass is 343 g/mol. The van der Waals surface area contributed by atoms with E-state index in [2.05, 4.69) is 0 Å². The standard InChI is InChI=1S/C20H25NO4/c1-13(12-14-8-4-3-5-9-14)17(20(24)25-2)21-18(22)15-10-6-7-11-16(15)19(21)23/h3-5,8-9,13,15-17H,6-7,10-12H2,1-2H3/t13-,15?,16?,17-/m1/s1. The van der Waals surface area contributed by atoms with E-state index in [9.17, 15) is 14.4 Å². The molecule has 3 rings (SSSR count). The zero-order valence-corrected chi connectivity index (χ0v) is 14.8. The van der Waals surface area contributed by atoms with Gasteiger partial charge in [-0.1, -0.05) is 50.1 Å². The second-order valence-electron chi connectivity index (χ2n) is 7.18. The van der Waals surface area contributed by atoms with Crippen LogP contribution in [-0.2, 0) is 25.5 Å². The molecule has 2 aliphatic rings. The van der Waals surface area contributed by atoms with E-state index >= 15 is 0 Å². The van der Waals surface area contributed by atoms with Gasteiger partial charge in [0.15, 0.2) is 0 Å². The first-order valence-corrected chi connectivity index (χ1v) is 9.03. The summed E-state index contributed by atoms with van der Waals surface area (Å²) >= 11 is 0. The Bertz CT molecular complexity index is 633. The Morgan fingerprint density at radius 1 is 1.12 bits per heavy atom. The number of amides is 2. The lowest BCUT2D eigenvalue weighted by Gasteiger charge is -2.29. The van der Waals surface area contributed by atoms with Gasteiger partial charge in [0.1, 0.15) is 6.04 Å². The summed E-state index contributed by atoms with van der Waals surface area (Å²) in [5.74, 6) is -1.60. The minimum Gasteiger partial charge on any atom is -0.467 e. The highest BCUT2D eigenvalue weighted by molar-refractivity contribution is 6.08. The van der Waals surface area contributed by atoms with Crippen LogP contribution in [0.1, 0.15) is 38.2 Å². The van der Waals surface area contributed by atoms with Crippen molar-refractivity contribution >= 4 is 17.8 Å². The first-order chi connectivity index (χ1) is 12.0. The van der Waals surface area contributed by atoms with Crippen molar-refractivity contribution in [2.75, 3.05) is 7.11 Å². The van der Waals surface area contributed by atoms with Gasteiger partial charge in [-0.15, -0.1) is 0 Å². The Morgan fingerprint density at radius 2 is 1.68 bits per heavy atom. The molecule has 0 aromatic heterocycles. The highest BCUT2D eigenvalue weighted by Gasteiger charge is 2.53. The van der Waals surface area contributed by atoms with Gasteiger partial charge >= 0.3 is 5.97 Å². The average Bonchev–Trinajstić information content (AvgIpc) is 2.88. The largest absolute Gasteiger partial charge is 0.467 e. The second kappa shape index (κ2) is 7.38. The minimum atomic E-state index is -0.851. The molecule has 0 spiro atoms. The Balaban J connectivity index is 1.86. The third kappa shape index (κ3) is 3.32. The molecule has 25 heavy (non-hydrogen) atoms. The van der Waals surface area contributed by atoms with E-state index in [0.29, 0.717) is 6.42 Å². The van der Waals surface area contributed by atoms with Crippen molar-refractivity contribution in [2.45, 2.75) is 45.1 Å². The summed E-state index contributed by atoms with van der Waals surface area (Å²) in [5.41, 5.74) is 1.07. The zero-order valence-electron chi connectivity index (χ0n) is 14.8. The summed E-state index contributed by atoms with van der Waals surface area (Å²) in [6, 6.07) is 8.93. The second-order valence-corrected chi connectivity index (χ2v) is 7.18. The van der Waals surface area contributed by atoms with Crippen LogP contribution in [0.3, 0.4) is 0 Å². The van der Waals surface area contributed by atoms with Gasteiger partial charge in [0.2, 0.25) is 11.8 Å². The molecular weight excluding hydrogens is 318 g/mol. The quantitative estimate of drug-likeness (QED) is 0.609. The number of rotatable bonds is 5. The Kier molecular flexibility index (Phi) is 5.21. The molecule has 2 unspecified atom stereocenters. The predicted molar refractivity (Wildman–Crippen MR) is 92.4 cm³/mol. The molecule has 5 heteroatoms. The number of carbonyl (C=O) groups is 3. The molecule has 1 saturated heterocycles. The van der Waals surface area contributed by atoms with Crippen LogP contribution in [0.2, 0.25) is 0 Å². The zero-order chi connectivity index (χ0) is 18.0. The van der Waals surface area contributed by atoms with E-state index in [0.717, 1.165) is 31.2 Å². The molecule has 0 bridgehead atoms. The van der Waals surface area contributed by atoms with Crippen LogP contribution in [0.15, 0.2) is 30.3 Å². The van der Waals surface area contributed by atoms with Crippen molar-refractivity contribution < 1.29 is 19.1 Å². The minimum absolute atomic E-state index is 0.190. The van der Waals surface area contributed by atoms with E-state index in [-0.39, 0.29) is 29.6 Å². The SMILES string of the molecule is COC(=O)[C@@H]([C@H](C)Cc1ccccc1)N1C(=O)C2CCCCC2C1=O. The summed E-state index contributed by atoms with van der Waals surface area (Å²) in [5, 5.41) is 0. The first-order valence-electron chi connectivity index (χ1n) is 9.03. The van der Waals surface area contributed by atoms with Gasteiger partial charge in [-0.3, -0.25) is 14.5 Å². The van der Waals surface area contributed by atoms with Gasteiger partial charge in [-0.05, 0) is 30.7 Å². The smallest absolute Gasteiger partial charge is 0.329 e. The maximum Gasteiger partial charge on any atom is 0.329 e. The van der Waals surface area contributed by atoms with Crippen LogP contribution in [0.4, 0.5) is 0 Å². The number of hydrogen-bond acceptors (Lipinski definition) is 4. The summed E-state index contributed by atoms with van der Waals surface area (Å²) < 4.78 is 4.95. The van der Waals surface area contributed by atoms with E-state index in [1.54, 1.807) is 0 Å². The Hall–Kier alpha value is -2.17. The van der Waals surface area contributed by atoms with E-state index < -0.39 is 12.0 Å². The predicted octanol–water partition coefficient (Wildman–Crippen LogP) is 2.58. The fourth-order valence-electron chi connectivity index (χ4n) is 4.27. The number of likely N-dealkylation sites (tertiary alicyclic amines) is 1. The summed E-state index contributed by atoms with van der Waals surface area (Å²) in [4.78, 5) is 39.4.